The third-order valence-corrected chi connectivity index (χ3v) is 3.06. The Morgan fingerprint density at radius 1 is 1.69 bits per heavy atom. The average Bonchev–Trinajstić information content (AvgIpc) is 2.97. The number of methoxy groups -OCH3 is 1. The molecule has 0 radical (unpaired) electrons. The van der Waals surface area contributed by atoms with Gasteiger partial charge in [0.05, 0.1) is 7.11 Å². The van der Waals surface area contributed by atoms with E-state index in [0.29, 0.717) is 12.2 Å². The van der Waals surface area contributed by atoms with Crippen LogP contribution in [0.25, 0.3) is 0 Å². The van der Waals surface area contributed by atoms with Gasteiger partial charge in [0.2, 0.25) is 0 Å². The molecule has 0 unspecified atom stereocenters. The van der Waals surface area contributed by atoms with Crippen molar-refractivity contribution in [2.24, 2.45) is 0 Å². The molecule has 1 heterocycles. The average molecular weight is 224 g/mol. The highest BCUT2D eigenvalue weighted by Crippen LogP contribution is 2.48. The lowest BCUT2D eigenvalue weighted by Gasteiger charge is -2.19. The Kier molecular flexibility index (Phi) is 2.64. The number of hydrogen-bond donors (Lipinski definition) is 1. The summed E-state index contributed by atoms with van der Waals surface area (Å²) >= 11 is 0. The number of ketones is 1. The fraction of sp³-hybridized carbons (Fsp3) is 0.583. The van der Waals surface area contributed by atoms with E-state index in [1.165, 1.54) is 13.2 Å². The molecule has 0 saturated carbocycles. The molecule has 0 amide bonds. The summed E-state index contributed by atoms with van der Waals surface area (Å²) in [4.78, 5) is 11.9. The zero-order valence-corrected chi connectivity index (χ0v) is 9.69. The van der Waals surface area contributed by atoms with Crippen LogP contribution in [-0.4, -0.2) is 35.8 Å². The van der Waals surface area contributed by atoms with E-state index < -0.39 is 17.8 Å². The van der Waals surface area contributed by atoms with Gasteiger partial charge in [-0.3, -0.25) is 4.79 Å². The first kappa shape index (κ1) is 11.4. The van der Waals surface area contributed by atoms with Gasteiger partial charge >= 0.3 is 0 Å². The van der Waals surface area contributed by atoms with Crippen LogP contribution in [0.15, 0.2) is 23.5 Å². The second-order valence-electron chi connectivity index (χ2n) is 4.47. The molecule has 0 bridgehead atoms. The molecule has 1 fully saturated rings. The maximum Gasteiger partial charge on any atom is 0.194 e. The molecule has 1 aliphatic heterocycles. The lowest BCUT2D eigenvalue weighted by molar-refractivity contribution is -0.120. The molecule has 1 N–H and O–H groups in total. The van der Waals surface area contributed by atoms with E-state index in [4.69, 9.17) is 9.47 Å². The van der Waals surface area contributed by atoms with Gasteiger partial charge in [-0.15, -0.1) is 0 Å². The minimum Gasteiger partial charge on any atom is -0.498 e. The number of allylic oxidation sites excluding steroid dienone is 1. The Morgan fingerprint density at radius 3 is 2.94 bits per heavy atom. The quantitative estimate of drug-likeness (QED) is 0.573. The van der Waals surface area contributed by atoms with Gasteiger partial charge in [0, 0.05) is 12.5 Å². The van der Waals surface area contributed by atoms with Gasteiger partial charge in [0.25, 0.3) is 0 Å². The van der Waals surface area contributed by atoms with Crippen LogP contribution in [0.1, 0.15) is 20.3 Å². The second-order valence-corrected chi connectivity index (χ2v) is 4.47. The van der Waals surface area contributed by atoms with E-state index >= 15 is 0 Å². The third kappa shape index (κ3) is 1.58. The molecular weight excluding hydrogens is 208 g/mol. The molecule has 3 atom stereocenters. The zero-order valence-electron chi connectivity index (χ0n) is 9.69. The fourth-order valence-electron chi connectivity index (χ4n) is 2.00. The number of hydrogen-bond acceptors (Lipinski definition) is 4. The van der Waals surface area contributed by atoms with E-state index in [1.54, 1.807) is 0 Å². The van der Waals surface area contributed by atoms with Crippen LogP contribution in [0.5, 0.6) is 0 Å². The van der Waals surface area contributed by atoms with Crippen LogP contribution in [0.3, 0.4) is 0 Å². The van der Waals surface area contributed by atoms with Crippen molar-refractivity contribution in [2.75, 3.05) is 7.11 Å². The Bertz CT molecular complexity index is 378. The number of carbonyl (C=O) groups excluding carboxylic acids is 1. The van der Waals surface area contributed by atoms with Crippen molar-refractivity contribution in [2.45, 2.75) is 38.1 Å². The first-order valence-electron chi connectivity index (χ1n) is 5.30. The first-order valence-corrected chi connectivity index (χ1v) is 5.30. The number of carbonyl (C=O) groups is 1. The standard InChI is InChI=1S/C12H16O4/c1-7(2)4-5-12-9(13)6-8(15-3)10(14)11(12)16-12/h4,6,10-11,14H,5H2,1-3H3/t10-,11+,12-/m0/s1. The number of fused-ring (bicyclic) bond motifs is 1. The Hall–Kier alpha value is -1.13. The summed E-state index contributed by atoms with van der Waals surface area (Å²) in [6, 6.07) is 0. The predicted molar refractivity (Wildman–Crippen MR) is 57.8 cm³/mol. The summed E-state index contributed by atoms with van der Waals surface area (Å²) in [5.74, 6) is 0.178. The molecular formula is C12H16O4. The normalized spacial score (nSPS) is 36.2. The van der Waals surface area contributed by atoms with E-state index in [9.17, 15) is 9.90 Å². The van der Waals surface area contributed by atoms with Gasteiger partial charge < -0.3 is 14.6 Å². The van der Waals surface area contributed by atoms with E-state index in [2.05, 4.69) is 0 Å². The molecule has 1 aliphatic carbocycles. The fourth-order valence-corrected chi connectivity index (χ4v) is 2.00. The maximum atomic E-state index is 11.9. The van der Waals surface area contributed by atoms with Gasteiger partial charge in [-0.25, -0.2) is 0 Å². The van der Waals surface area contributed by atoms with Gasteiger partial charge in [-0.2, -0.15) is 0 Å². The summed E-state index contributed by atoms with van der Waals surface area (Å²) in [6.07, 6.45) is 2.54. The third-order valence-electron chi connectivity index (χ3n) is 3.06. The van der Waals surface area contributed by atoms with Crippen LogP contribution in [0.4, 0.5) is 0 Å². The number of rotatable bonds is 3. The second kappa shape index (κ2) is 3.71. The predicted octanol–water partition coefficient (Wildman–Crippen LogP) is 0.954. The number of epoxide rings is 1. The first-order chi connectivity index (χ1) is 7.51. The lowest BCUT2D eigenvalue weighted by atomic mass is 9.87. The molecule has 16 heavy (non-hydrogen) atoms. The number of aliphatic hydroxyl groups is 1. The Labute approximate surface area is 94.5 Å². The van der Waals surface area contributed by atoms with Gasteiger partial charge in [0.15, 0.2) is 11.4 Å². The topological polar surface area (TPSA) is 59.1 Å². The maximum absolute atomic E-state index is 11.9. The largest absolute Gasteiger partial charge is 0.498 e. The molecule has 4 nitrogen and oxygen atoms in total. The minimum atomic E-state index is -0.835. The van der Waals surface area contributed by atoms with Crippen LogP contribution < -0.4 is 0 Å². The smallest absolute Gasteiger partial charge is 0.194 e. The molecule has 0 aromatic rings. The van der Waals surface area contributed by atoms with E-state index in [0.717, 1.165) is 5.57 Å². The Balaban J connectivity index is 2.20. The van der Waals surface area contributed by atoms with Crippen LogP contribution in [0, 0.1) is 0 Å². The number of ether oxygens (including phenoxy) is 2. The number of aliphatic hydroxyl groups excluding tert-OH is 1. The van der Waals surface area contributed by atoms with Crippen molar-refractivity contribution < 1.29 is 19.4 Å². The van der Waals surface area contributed by atoms with E-state index in [-0.39, 0.29) is 5.78 Å². The molecule has 1 saturated heterocycles. The van der Waals surface area contributed by atoms with Crippen molar-refractivity contribution in [3.05, 3.63) is 23.5 Å². The molecule has 0 aromatic heterocycles. The van der Waals surface area contributed by atoms with Gasteiger partial charge in [-0.05, 0) is 13.8 Å². The SMILES string of the molecule is COC1=CC(=O)[C@]2(CC=C(C)C)O[C@@H]2[C@H]1O. The molecule has 2 rings (SSSR count). The molecule has 2 aliphatic rings. The van der Waals surface area contributed by atoms with Crippen molar-refractivity contribution in [1.82, 2.24) is 0 Å². The highest BCUT2D eigenvalue weighted by Gasteiger charge is 2.66. The van der Waals surface area contributed by atoms with Crippen molar-refractivity contribution in [1.29, 1.82) is 0 Å². The van der Waals surface area contributed by atoms with Crippen molar-refractivity contribution >= 4 is 5.78 Å². The summed E-state index contributed by atoms with van der Waals surface area (Å²) in [6.45, 7) is 3.93. The molecule has 0 spiro atoms. The van der Waals surface area contributed by atoms with Crippen LogP contribution >= 0.6 is 0 Å². The van der Waals surface area contributed by atoms with Crippen molar-refractivity contribution in [3.8, 4) is 0 Å². The Morgan fingerprint density at radius 2 is 2.38 bits per heavy atom. The molecule has 0 aromatic carbocycles. The van der Waals surface area contributed by atoms with Gasteiger partial charge in [-0.1, -0.05) is 11.6 Å². The summed E-state index contributed by atoms with van der Waals surface area (Å²) in [5.41, 5.74) is 0.297. The highest BCUT2D eigenvalue weighted by molar-refractivity contribution is 6.01. The van der Waals surface area contributed by atoms with Crippen LogP contribution in [-0.2, 0) is 14.3 Å². The summed E-state index contributed by atoms with van der Waals surface area (Å²) in [7, 11) is 1.44. The zero-order chi connectivity index (χ0) is 11.9. The molecule has 88 valence electrons. The van der Waals surface area contributed by atoms with Crippen molar-refractivity contribution in [3.63, 3.8) is 0 Å². The van der Waals surface area contributed by atoms with Crippen LogP contribution in [0.2, 0.25) is 0 Å². The molecule has 4 heteroatoms. The summed E-state index contributed by atoms with van der Waals surface area (Å²) < 4.78 is 10.3. The monoisotopic (exact) mass is 224 g/mol. The van der Waals surface area contributed by atoms with E-state index in [1.807, 2.05) is 19.9 Å². The minimum absolute atomic E-state index is 0.114. The lowest BCUT2D eigenvalue weighted by Crippen LogP contribution is -2.37. The highest BCUT2D eigenvalue weighted by atomic mass is 16.6. The summed E-state index contributed by atoms with van der Waals surface area (Å²) in [5, 5.41) is 9.84. The van der Waals surface area contributed by atoms with Gasteiger partial charge in [0.1, 0.15) is 18.0 Å².